The molecular weight excluding hydrogens is 317 g/mol. The quantitative estimate of drug-likeness (QED) is 0.778. The number of halogens is 2. The van der Waals surface area contributed by atoms with E-state index in [4.69, 9.17) is 10.7 Å². The Kier molecular flexibility index (Phi) is 4.58. The lowest BCUT2D eigenvalue weighted by Gasteiger charge is -2.22. The zero-order valence-electron chi connectivity index (χ0n) is 11.9. The van der Waals surface area contributed by atoms with Gasteiger partial charge in [-0.15, -0.1) is 0 Å². The number of amides is 1. The molecule has 0 atom stereocenters. The van der Waals surface area contributed by atoms with Gasteiger partial charge in [-0.3, -0.25) is 4.79 Å². The van der Waals surface area contributed by atoms with Crippen LogP contribution >= 0.6 is 10.7 Å². The zero-order valence-corrected chi connectivity index (χ0v) is 13.5. The number of carbonyl (C=O) groups is 1. The number of rotatable bonds is 5. The van der Waals surface area contributed by atoms with Gasteiger partial charge in [-0.1, -0.05) is 6.92 Å². The highest BCUT2D eigenvalue weighted by Gasteiger charge is 2.33. The van der Waals surface area contributed by atoms with E-state index in [0.717, 1.165) is 31.4 Å². The predicted molar refractivity (Wildman–Crippen MR) is 78.5 cm³/mol. The first kappa shape index (κ1) is 16.2. The Labute approximate surface area is 128 Å². The summed E-state index contributed by atoms with van der Waals surface area (Å²) in [6.07, 6.45) is 2.65. The Morgan fingerprint density at radius 2 is 2.05 bits per heavy atom. The van der Waals surface area contributed by atoms with Crippen LogP contribution in [0.2, 0.25) is 0 Å². The van der Waals surface area contributed by atoms with Crippen LogP contribution in [-0.4, -0.2) is 31.8 Å². The largest absolute Gasteiger partial charge is 0.336 e. The van der Waals surface area contributed by atoms with Crippen LogP contribution in [0, 0.1) is 12.7 Å². The van der Waals surface area contributed by atoms with E-state index in [1.54, 1.807) is 4.90 Å². The first-order chi connectivity index (χ1) is 9.75. The number of hydrogen-bond acceptors (Lipinski definition) is 3. The van der Waals surface area contributed by atoms with Gasteiger partial charge in [0.25, 0.3) is 15.0 Å². The number of hydrogen-bond donors (Lipinski definition) is 0. The molecule has 1 aromatic rings. The highest BCUT2D eigenvalue weighted by molar-refractivity contribution is 8.13. The van der Waals surface area contributed by atoms with E-state index in [2.05, 4.69) is 0 Å². The second-order valence-corrected chi connectivity index (χ2v) is 7.78. The molecule has 0 N–H and O–H groups in total. The van der Waals surface area contributed by atoms with Crippen LogP contribution in [0.4, 0.5) is 4.39 Å². The second-order valence-electron chi connectivity index (χ2n) is 5.25. The maximum atomic E-state index is 13.9. The van der Waals surface area contributed by atoms with Crippen molar-refractivity contribution in [1.29, 1.82) is 0 Å². The van der Waals surface area contributed by atoms with Gasteiger partial charge >= 0.3 is 0 Å². The Bertz CT molecular complexity index is 671. The topological polar surface area (TPSA) is 54.5 Å². The third-order valence-corrected chi connectivity index (χ3v) is 4.97. The minimum Gasteiger partial charge on any atom is -0.336 e. The number of benzene rings is 1. The van der Waals surface area contributed by atoms with Crippen LogP contribution < -0.4 is 0 Å². The summed E-state index contributed by atoms with van der Waals surface area (Å²) in [5, 5.41) is 0. The van der Waals surface area contributed by atoms with Crippen molar-refractivity contribution in [3.63, 3.8) is 0 Å². The van der Waals surface area contributed by atoms with Gasteiger partial charge in [0.05, 0.1) is 4.90 Å². The lowest BCUT2D eigenvalue weighted by atomic mass is 10.1. The van der Waals surface area contributed by atoms with Gasteiger partial charge in [0.15, 0.2) is 0 Å². The van der Waals surface area contributed by atoms with E-state index in [0.29, 0.717) is 6.54 Å². The second kappa shape index (κ2) is 5.93. The molecule has 0 aliphatic heterocycles. The number of nitrogens with zero attached hydrogens (tertiary/aromatic N) is 1. The van der Waals surface area contributed by atoms with Gasteiger partial charge in [-0.05, 0) is 38.3 Å². The fourth-order valence-electron chi connectivity index (χ4n) is 2.27. The molecule has 0 unspecified atom stereocenters. The first-order valence-electron chi connectivity index (χ1n) is 6.81. The molecule has 1 amide bonds. The van der Waals surface area contributed by atoms with Crippen molar-refractivity contribution in [2.75, 3.05) is 6.54 Å². The fraction of sp³-hybridized carbons (Fsp3) is 0.500. The van der Waals surface area contributed by atoms with Crippen molar-refractivity contribution in [3.8, 4) is 0 Å². The lowest BCUT2D eigenvalue weighted by Crippen LogP contribution is -2.34. The fourth-order valence-corrected chi connectivity index (χ4v) is 3.49. The summed E-state index contributed by atoms with van der Waals surface area (Å²) in [7, 11) is 1.22. The molecule has 1 saturated carbocycles. The van der Waals surface area contributed by atoms with Crippen LogP contribution in [0.25, 0.3) is 0 Å². The molecule has 1 aromatic carbocycles. The standard InChI is InChI=1S/C14H17ClFNO3S/c1-3-6-17(11-4-5-11)14(18)10-7-12(16)9(2)13(8-10)21(15,19)20/h7-8,11H,3-6H2,1-2H3. The maximum Gasteiger partial charge on any atom is 0.261 e. The van der Waals surface area contributed by atoms with E-state index in [1.165, 1.54) is 6.92 Å². The molecule has 1 aliphatic carbocycles. The summed E-state index contributed by atoms with van der Waals surface area (Å²) in [4.78, 5) is 13.8. The van der Waals surface area contributed by atoms with Crippen LogP contribution in [0.5, 0.6) is 0 Å². The van der Waals surface area contributed by atoms with Crippen molar-refractivity contribution >= 4 is 25.6 Å². The van der Waals surface area contributed by atoms with Crippen molar-refractivity contribution in [3.05, 3.63) is 29.1 Å². The van der Waals surface area contributed by atoms with E-state index < -0.39 is 14.9 Å². The van der Waals surface area contributed by atoms with Crippen molar-refractivity contribution in [2.24, 2.45) is 0 Å². The average molecular weight is 334 g/mol. The van der Waals surface area contributed by atoms with Gasteiger partial charge in [0.1, 0.15) is 5.82 Å². The van der Waals surface area contributed by atoms with Gasteiger partial charge in [-0.25, -0.2) is 12.8 Å². The van der Waals surface area contributed by atoms with E-state index >= 15 is 0 Å². The third-order valence-electron chi connectivity index (χ3n) is 3.52. The molecule has 1 aliphatic rings. The maximum absolute atomic E-state index is 13.9. The summed E-state index contributed by atoms with van der Waals surface area (Å²) in [6, 6.07) is 2.42. The van der Waals surface area contributed by atoms with Gasteiger partial charge in [0, 0.05) is 34.4 Å². The van der Waals surface area contributed by atoms with Crippen molar-refractivity contribution in [2.45, 2.75) is 44.0 Å². The molecule has 21 heavy (non-hydrogen) atoms. The number of carbonyl (C=O) groups excluding carboxylic acids is 1. The summed E-state index contributed by atoms with van der Waals surface area (Å²) < 4.78 is 36.9. The summed E-state index contributed by atoms with van der Waals surface area (Å²) in [5.41, 5.74) is -0.0484. The average Bonchev–Trinajstić information content (AvgIpc) is 3.21. The Morgan fingerprint density at radius 3 is 2.52 bits per heavy atom. The normalized spacial score (nSPS) is 15.0. The molecule has 4 nitrogen and oxygen atoms in total. The molecule has 1 fully saturated rings. The molecule has 0 saturated heterocycles. The Hall–Kier alpha value is -1.14. The van der Waals surface area contributed by atoms with Crippen LogP contribution in [0.3, 0.4) is 0 Å². The molecule has 0 spiro atoms. The molecular formula is C14H17ClFNO3S. The SMILES string of the molecule is CCCN(C(=O)c1cc(F)c(C)c(S(=O)(=O)Cl)c1)C1CC1. The van der Waals surface area contributed by atoms with Gasteiger partial charge in [0.2, 0.25) is 0 Å². The van der Waals surface area contributed by atoms with Crippen molar-refractivity contribution < 1.29 is 17.6 Å². The van der Waals surface area contributed by atoms with Crippen LogP contribution in [0.15, 0.2) is 17.0 Å². The highest BCUT2D eigenvalue weighted by atomic mass is 35.7. The molecule has 2 rings (SSSR count). The van der Waals surface area contributed by atoms with Crippen molar-refractivity contribution in [1.82, 2.24) is 4.90 Å². The Balaban J connectivity index is 2.44. The first-order valence-corrected chi connectivity index (χ1v) is 9.12. The minimum atomic E-state index is -4.09. The smallest absolute Gasteiger partial charge is 0.261 e. The Morgan fingerprint density at radius 1 is 1.43 bits per heavy atom. The monoisotopic (exact) mass is 333 g/mol. The summed E-state index contributed by atoms with van der Waals surface area (Å²) >= 11 is 0. The van der Waals surface area contributed by atoms with E-state index in [9.17, 15) is 17.6 Å². The summed E-state index contributed by atoms with van der Waals surface area (Å²) in [5.74, 6) is -1.09. The molecule has 0 aromatic heterocycles. The molecule has 0 radical (unpaired) electrons. The highest BCUT2D eigenvalue weighted by Crippen LogP contribution is 2.30. The summed E-state index contributed by atoms with van der Waals surface area (Å²) in [6.45, 7) is 3.85. The van der Waals surface area contributed by atoms with Crippen LogP contribution in [-0.2, 0) is 9.05 Å². The third kappa shape index (κ3) is 3.55. The molecule has 0 bridgehead atoms. The zero-order chi connectivity index (χ0) is 15.8. The lowest BCUT2D eigenvalue weighted by molar-refractivity contribution is 0.0742. The van der Waals surface area contributed by atoms with E-state index in [1.807, 2.05) is 6.92 Å². The van der Waals surface area contributed by atoms with Gasteiger partial charge < -0.3 is 4.90 Å². The van der Waals surface area contributed by atoms with E-state index in [-0.39, 0.29) is 28.0 Å². The molecule has 7 heteroatoms. The van der Waals surface area contributed by atoms with Crippen LogP contribution in [0.1, 0.15) is 42.1 Å². The molecule has 0 heterocycles. The minimum absolute atomic E-state index is 0.0256. The van der Waals surface area contributed by atoms with Gasteiger partial charge in [-0.2, -0.15) is 0 Å². The predicted octanol–water partition coefficient (Wildman–Crippen LogP) is 3.08. The molecule has 116 valence electrons.